The van der Waals surface area contributed by atoms with Gasteiger partial charge in [-0.3, -0.25) is 4.79 Å². The smallest absolute Gasteiger partial charge is 0.290 e. The third-order valence-electron chi connectivity index (χ3n) is 5.05. The van der Waals surface area contributed by atoms with Crippen molar-refractivity contribution in [2.24, 2.45) is 0 Å². The van der Waals surface area contributed by atoms with Gasteiger partial charge in [0.2, 0.25) is 0 Å². The van der Waals surface area contributed by atoms with Crippen molar-refractivity contribution in [1.29, 1.82) is 0 Å². The first-order valence-electron chi connectivity index (χ1n) is 9.15. The molecule has 3 aromatic carbocycles. The van der Waals surface area contributed by atoms with Gasteiger partial charge in [-0.2, -0.15) is 0 Å². The normalized spacial score (nSPS) is 16.7. The van der Waals surface area contributed by atoms with Gasteiger partial charge in [0.1, 0.15) is 5.82 Å². The molecule has 0 saturated heterocycles. The number of aliphatic hydroxyl groups excluding tert-OH is 1. The predicted molar refractivity (Wildman–Crippen MR) is 107 cm³/mol. The van der Waals surface area contributed by atoms with E-state index < -0.39 is 11.9 Å². The topological polar surface area (TPSA) is 40.5 Å². The fraction of sp³-hybridized carbons (Fsp3) is 0.125. The average molecular weight is 373 g/mol. The second-order valence-corrected chi connectivity index (χ2v) is 7.00. The van der Waals surface area contributed by atoms with Crippen LogP contribution in [-0.2, 0) is 11.3 Å². The van der Waals surface area contributed by atoms with Gasteiger partial charge in [-0.15, -0.1) is 0 Å². The molecular formula is C24H20FNO2. The summed E-state index contributed by atoms with van der Waals surface area (Å²) in [5.74, 6) is -0.981. The Morgan fingerprint density at radius 3 is 2.21 bits per heavy atom. The minimum atomic E-state index is -0.422. The summed E-state index contributed by atoms with van der Waals surface area (Å²) in [5.41, 5.74) is 4.24. The van der Waals surface area contributed by atoms with Crippen LogP contribution < -0.4 is 0 Å². The van der Waals surface area contributed by atoms with E-state index in [1.807, 2.05) is 61.5 Å². The number of amides is 1. The number of benzene rings is 3. The van der Waals surface area contributed by atoms with E-state index in [-0.39, 0.29) is 18.1 Å². The van der Waals surface area contributed by atoms with Crippen LogP contribution in [0, 0.1) is 12.7 Å². The molecule has 0 fully saturated rings. The van der Waals surface area contributed by atoms with Crippen LogP contribution in [0.1, 0.15) is 28.3 Å². The summed E-state index contributed by atoms with van der Waals surface area (Å²) in [4.78, 5) is 14.6. The molecule has 28 heavy (non-hydrogen) atoms. The number of halogens is 1. The van der Waals surface area contributed by atoms with Gasteiger partial charge in [0.05, 0.1) is 6.04 Å². The van der Waals surface area contributed by atoms with Crippen molar-refractivity contribution in [1.82, 2.24) is 4.90 Å². The molecule has 4 rings (SSSR count). The highest BCUT2D eigenvalue weighted by molar-refractivity contribution is 6.05. The number of hydrogen-bond donors (Lipinski definition) is 1. The fourth-order valence-electron chi connectivity index (χ4n) is 3.61. The molecule has 140 valence electrons. The number of rotatable bonds is 4. The number of hydrogen-bond acceptors (Lipinski definition) is 2. The van der Waals surface area contributed by atoms with E-state index in [2.05, 4.69) is 0 Å². The summed E-state index contributed by atoms with van der Waals surface area (Å²) in [5, 5.41) is 10.7. The zero-order chi connectivity index (χ0) is 19.7. The van der Waals surface area contributed by atoms with Gasteiger partial charge in [-0.1, -0.05) is 72.3 Å². The molecule has 0 radical (unpaired) electrons. The maximum absolute atomic E-state index is 13.3. The van der Waals surface area contributed by atoms with Gasteiger partial charge >= 0.3 is 0 Å². The van der Waals surface area contributed by atoms with Crippen molar-refractivity contribution in [2.75, 3.05) is 0 Å². The lowest BCUT2D eigenvalue weighted by Crippen LogP contribution is -2.29. The average Bonchev–Trinajstić information content (AvgIpc) is 2.96. The van der Waals surface area contributed by atoms with E-state index in [0.29, 0.717) is 5.57 Å². The standard InChI is InChI=1S/C24H20FNO2/c1-16-7-11-19(12-8-16)22-21(18-5-3-2-4-6-18)23(27)24(28)26(22)15-17-9-13-20(25)14-10-17/h2-14,22,27H,15H2,1H3/t22-/m0/s1. The molecular weight excluding hydrogens is 353 g/mol. The van der Waals surface area contributed by atoms with Crippen molar-refractivity contribution in [3.05, 3.63) is 113 Å². The molecule has 0 aromatic heterocycles. The second-order valence-electron chi connectivity index (χ2n) is 7.00. The Kier molecular flexibility index (Phi) is 4.70. The monoisotopic (exact) mass is 373 g/mol. The SMILES string of the molecule is Cc1ccc([C@H]2C(c3ccccc3)=C(O)C(=O)N2Cc2ccc(F)cc2)cc1. The van der Waals surface area contributed by atoms with E-state index >= 15 is 0 Å². The van der Waals surface area contributed by atoms with E-state index in [4.69, 9.17) is 0 Å². The number of aliphatic hydroxyl groups is 1. The van der Waals surface area contributed by atoms with E-state index in [1.165, 1.54) is 12.1 Å². The van der Waals surface area contributed by atoms with Gasteiger partial charge in [0.25, 0.3) is 5.91 Å². The number of carbonyl (C=O) groups excluding carboxylic acids is 1. The van der Waals surface area contributed by atoms with Crippen molar-refractivity contribution < 1.29 is 14.3 Å². The largest absolute Gasteiger partial charge is 0.503 e. The van der Waals surface area contributed by atoms with Crippen LogP contribution >= 0.6 is 0 Å². The summed E-state index contributed by atoms with van der Waals surface area (Å²) < 4.78 is 13.3. The molecule has 4 heteroatoms. The molecule has 1 heterocycles. The fourth-order valence-corrected chi connectivity index (χ4v) is 3.61. The molecule has 1 amide bonds. The number of nitrogens with zero attached hydrogens (tertiary/aromatic N) is 1. The van der Waals surface area contributed by atoms with E-state index in [1.54, 1.807) is 17.0 Å². The molecule has 1 N–H and O–H groups in total. The van der Waals surface area contributed by atoms with Crippen LogP contribution in [0.5, 0.6) is 0 Å². The minimum Gasteiger partial charge on any atom is -0.503 e. The lowest BCUT2D eigenvalue weighted by Gasteiger charge is -2.27. The summed E-state index contributed by atoms with van der Waals surface area (Å²) in [6.45, 7) is 2.28. The molecule has 0 aliphatic carbocycles. The van der Waals surface area contributed by atoms with Crippen LogP contribution in [0.15, 0.2) is 84.6 Å². The second kappa shape index (κ2) is 7.31. The maximum Gasteiger partial charge on any atom is 0.290 e. The highest BCUT2D eigenvalue weighted by atomic mass is 19.1. The quantitative estimate of drug-likeness (QED) is 0.684. The van der Waals surface area contributed by atoms with Gasteiger partial charge in [-0.25, -0.2) is 4.39 Å². The lowest BCUT2D eigenvalue weighted by molar-refractivity contribution is -0.130. The van der Waals surface area contributed by atoms with Crippen molar-refractivity contribution in [3.8, 4) is 0 Å². The Hall–Kier alpha value is -3.40. The molecule has 0 unspecified atom stereocenters. The molecule has 3 aromatic rings. The van der Waals surface area contributed by atoms with Crippen molar-refractivity contribution >= 4 is 11.5 Å². The Labute approximate surface area is 163 Å². The van der Waals surface area contributed by atoms with Gasteiger partial charge < -0.3 is 10.0 Å². The van der Waals surface area contributed by atoms with Crippen LogP contribution in [-0.4, -0.2) is 15.9 Å². The number of aryl methyl sites for hydroxylation is 1. The minimum absolute atomic E-state index is 0.237. The summed E-state index contributed by atoms with van der Waals surface area (Å²) in [6, 6.07) is 23.0. The summed E-state index contributed by atoms with van der Waals surface area (Å²) in [7, 11) is 0. The Balaban J connectivity index is 1.80. The van der Waals surface area contributed by atoms with Crippen LogP contribution in [0.4, 0.5) is 4.39 Å². The van der Waals surface area contributed by atoms with E-state index in [0.717, 1.165) is 22.3 Å². The van der Waals surface area contributed by atoms with Crippen LogP contribution in [0.3, 0.4) is 0 Å². The third-order valence-corrected chi connectivity index (χ3v) is 5.05. The first-order chi connectivity index (χ1) is 13.5. The first-order valence-corrected chi connectivity index (χ1v) is 9.15. The molecule has 1 atom stereocenters. The Morgan fingerprint density at radius 1 is 0.929 bits per heavy atom. The molecule has 1 aliphatic heterocycles. The van der Waals surface area contributed by atoms with Gasteiger partial charge in [0, 0.05) is 12.1 Å². The Morgan fingerprint density at radius 2 is 1.57 bits per heavy atom. The molecule has 0 bridgehead atoms. The zero-order valence-corrected chi connectivity index (χ0v) is 15.5. The highest BCUT2D eigenvalue weighted by Crippen LogP contribution is 2.43. The molecule has 1 aliphatic rings. The van der Waals surface area contributed by atoms with Crippen LogP contribution in [0.2, 0.25) is 0 Å². The molecule has 3 nitrogen and oxygen atoms in total. The van der Waals surface area contributed by atoms with E-state index in [9.17, 15) is 14.3 Å². The van der Waals surface area contributed by atoms with Crippen LogP contribution in [0.25, 0.3) is 5.57 Å². The van der Waals surface area contributed by atoms with Gasteiger partial charge in [0.15, 0.2) is 5.76 Å². The highest BCUT2D eigenvalue weighted by Gasteiger charge is 2.40. The third kappa shape index (κ3) is 3.29. The zero-order valence-electron chi connectivity index (χ0n) is 15.5. The summed E-state index contributed by atoms with van der Waals surface area (Å²) in [6.07, 6.45) is 0. The summed E-state index contributed by atoms with van der Waals surface area (Å²) >= 11 is 0. The van der Waals surface area contributed by atoms with Crippen molar-refractivity contribution in [3.63, 3.8) is 0 Å². The predicted octanol–water partition coefficient (Wildman–Crippen LogP) is 5.19. The van der Waals surface area contributed by atoms with Crippen molar-refractivity contribution in [2.45, 2.75) is 19.5 Å². The van der Waals surface area contributed by atoms with Gasteiger partial charge in [-0.05, 0) is 35.7 Å². The Bertz CT molecular complexity index is 1020. The molecule has 0 saturated carbocycles. The molecule has 0 spiro atoms. The first kappa shape index (κ1) is 18.0. The lowest BCUT2D eigenvalue weighted by atomic mass is 9.93. The maximum atomic E-state index is 13.3. The number of carbonyl (C=O) groups is 1.